The first-order chi connectivity index (χ1) is 9.60. The van der Waals surface area contributed by atoms with E-state index in [1.165, 1.54) is 0 Å². The SMILES string of the molecule is CCC(N)Cc1cccc(Cl)c1Sc1ccc(Cl)cn1. The lowest BCUT2D eigenvalue weighted by molar-refractivity contribution is 0.641. The van der Waals surface area contributed by atoms with Gasteiger partial charge in [0, 0.05) is 17.1 Å². The van der Waals surface area contributed by atoms with Crippen LogP contribution in [0.15, 0.2) is 46.5 Å². The van der Waals surface area contributed by atoms with Gasteiger partial charge in [-0.15, -0.1) is 0 Å². The molecule has 1 aromatic heterocycles. The summed E-state index contributed by atoms with van der Waals surface area (Å²) in [7, 11) is 0. The predicted octanol–water partition coefficient (Wildman–Crippen LogP) is 4.82. The zero-order valence-corrected chi connectivity index (χ0v) is 13.5. The Hall–Kier alpha value is -0.740. The molecule has 0 spiro atoms. The van der Waals surface area contributed by atoms with Crippen molar-refractivity contribution in [2.75, 3.05) is 0 Å². The van der Waals surface area contributed by atoms with Gasteiger partial charge in [-0.05, 0) is 36.6 Å². The van der Waals surface area contributed by atoms with Crippen molar-refractivity contribution in [3.63, 3.8) is 0 Å². The molecule has 2 nitrogen and oxygen atoms in total. The van der Waals surface area contributed by atoms with E-state index in [0.29, 0.717) is 5.02 Å². The maximum atomic E-state index is 6.32. The second kappa shape index (κ2) is 7.32. The molecule has 2 N–H and O–H groups in total. The van der Waals surface area contributed by atoms with Crippen molar-refractivity contribution < 1.29 is 0 Å². The molecule has 1 atom stereocenters. The van der Waals surface area contributed by atoms with Gasteiger partial charge in [0.2, 0.25) is 0 Å². The summed E-state index contributed by atoms with van der Waals surface area (Å²) in [4.78, 5) is 5.32. The Labute approximate surface area is 133 Å². The average molecular weight is 327 g/mol. The van der Waals surface area contributed by atoms with Crippen molar-refractivity contribution in [3.05, 3.63) is 52.1 Å². The highest BCUT2D eigenvalue weighted by Crippen LogP contribution is 2.35. The number of pyridine rings is 1. The van der Waals surface area contributed by atoms with Gasteiger partial charge in [-0.1, -0.05) is 54.0 Å². The predicted molar refractivity (Wildman–Crippen MR) is 86.8 cm³/mol. The van der Waals surface area contributed by atoms with E-state index in [2.05, 4.69) is 18.0 Å². The number of halogens is 2. The van der Waals surface area contributed by atoms with E-state index < -0.39 is 0 Å². The summed E-state index contributed by atoms with van der Waals surface area (Å²) < 4.78 is 0. The molecule has 0 fully saturated rings. The Kier molecular flexibility index (Phi) is 5.73. The van der Waals surface area contributed by atoms with Gasteiger partial charge in [-0.3, -0.25) is 0 Å². The van der Waals surface area contributed by atoms with E-state index >= 15 is 0 Å². The minimum absolute atomic E-state index is 0.144. The number of benzene rings is 1. The number of hydrogen-bond acceptors (Lipinski definition) is 3. The number of hydrogen-bond donors (Lipinski definition) is 1. The molecule has 0 radical (unpaired) electrons. The molecule has 0 bridgehead atoms. The summed E-state index contributed by atoms with van der Waals surface area (Å²) in [6, 6.07) is 9.77. The topological polar surface area (TPSA) is 38.9 Å². The zero-order valence-electron chi connectivity index (χ0n) is 11.1. The van der Waals surface area contributed by atoms with E-state index in [4.69, 9.17) is 28.9 Å². The quantitative estimate of drug-likeness (QED) is 0.856. The van der Waals surface area contributed by atoms with Gasteiger partial charge in [0.15, 0.2) is 0 Å². The Morgan fingerprint density at radius 3 is 2.70 bits per heavy atom. The second-order valence-electron chi connectivity index (χ2n) is 4.52. The number of rotatable bonds is 5. The van der Waals surface area contributed by atoms with Crippen molar-refractivity contribution in [2.45, 2.75) is 35.7 Å². The van der Waals surface area contributed by atoms with Gasteiger partial charge in [-0.2, -0.15) is 0 Å². The van der Waals surface area contributed by atoms with Crippen molar-refractivity contribution in [1.82, 2.24) is 4.98 Å². The first-order valence-corrected chi connectivity index (χ1v) is 7.99. The fourth-order valence-electron chi connectivity index (χ4n) is 1.78. The maximum Gasteiger partial charge on any atom is 0.101 e. The number of aromatic nitrogens is 1. The minimum atomic E-state index is 0.144. The van der Waals surface area contributed by atoms with Crippen molar-refractivity contribution in [2.24, 2.45) is 5.73 Å². The molecule has 0 saturated heterocycles. The Morgan fingerprint density at radius 2 is 2.05 bits per heavy atom. The third-order valence-electron chi connectivity index (χ3n) is 2.96. The summed E-state index contributed by atoms with van der Waals surface area (Å²) in [5, 5.41) is 2.23. The molecule has 0 aliphatic rings. The Morgan fingerprint density at radius 1 is 1.25 bits per heavy atom. The van der Waals surface area contributed by atoms with Crippen LogP contribution in [0.4, 0.5) is 0 Å². The standard InChI is InChI=1S/C15H16Cl2N2S/c1-2-12(18)8-10-4-3-5-13(17)15(10)20-14-7-6-11(16)9-19-14/h3-7,9,12H,2,8,18H2,1H3. The van der Waals surface area contributed by atoms with Crippen LogP contribution in [0.25, 0.3) is 0 Å². The molecule has 20 heavy (non-hydrogen) atoms. The highest BCUT2D eigenvalue weighted by atomic mass is 35.5. The normalized spacial score (nSPS) is 12.4. The van der Waals surface area contributed by atoms with Crippen LogP contribution in [0, 0.1) is 0 Å². The third kappa shape index (κ3) is 4.13. The van der Waals surface area contributed by atoms with E-state index in [9.17, 15) is 0 Å². The van der Waals surface area contributed by atoms with Gasteiger partial charge in [0.05, 0.1) is 10.0 Å². The van der Waals surface area contributed by atoms with E-state index in [1.807, 2.05) is 24.3 Å². The van der Waals surface area contributed by atoms with Crippen LogP contribution in [0.1, 0.15) is 18.9 Å². The van der Waals surface area contributed by atoms with Crippen molar-refractivity contribution >= 4 is 35.0 Å². The molecule has 0 aliphatic heterocycles. The second-order valence-corrected chi connectivity index (χ2v) is 6.39. The van der Waals surface area contributed by atoms with Crippen molar-refractivity contribution in [3.8, 4) is 0 Å². The van der Waals surface area contributed by atoms with Gasteiger partial charge in [-0.25, -0.2) is 4.98 Å². The molecule has 5 heteroatoms. The number of nitrogens with zero attached hydrogens (tertiary/aromatic N) is 1. The first-order valence-electron chi connectivity index (χ1n) is 6.42. The largest absolute Gasteiger partial charge is 0.327 e. The Balaban J connectivity index is 2.27. The summed E-state index contributed by atoms with van der Waals surface area (Å²) in [6.45, 7) is 2.09. The minimum Gasteiger partial charge on any atom is -0.327 e. The summed E-state index contributed by atoms with van der Waals surface area (Å²) in [6.07, 6.45) is 3.39. The first kappa shape index (κ1) is 15.6. The molecule has 2 aromatic rings. The van der Waals surface area contributed by atoms with Crippen LogP contribution in [0.2, 0.25) is 10.0 Å². The molecular weight excluding hydrogens is 311 g/mol. The van der Waals surface area contributed by atoms with Crippen LogP contribution >= 0.6 is 35.0 Å². The smallest absolute Gasteiger partial charge is 0.101 e. The van der Waals surface area contributed by atoms with Gasteiger partial charge < -0.3 is 5.73 Å². The fraction of sp³-hybridized carbons (Fsp3) is 0.267. The molecule has 1 unspecified atom stereocenters. The van der Waals surface area contributed by atoms with E-state index in [1.54, 1.807) is 18.0 Å². The summed E-state index contributed by atoms with van der Waals surface area (Å²) >= 11 is 13.7. The molecule has 106 valence electrons. The zero-order chi connectivity index (χ0) is 14.5. The third-order valence-corrected chi connectivity index (χ3v) is 4.75. The molecule has 1 heterocycles. The lowest BCUT2D eigenvalue weighted by atomic mass is 10.0. The highest BCUT2D eigenvalue weighted by molar-refractivity contribution is 7.99. The van der Waals surface area contributed by atoms with Crippen LogP contribution in [0.3, 0.4) is 0 Å². The van der Waals surface area contributed by atoms with Crippen LogP contribution < -0.4 is 5.73 Å². The van der Waals surface area contributed by atoms with E-state index in [0.717, 1.165) is 33.3 Å². The van der Waals surface area contributed by atoms with Gasteiger partial charge >= 0.3 is 0 Å². The molecule has 0 aliphatic carbocycles. The van der Waals surface area contributed by atoms with Gasteiger partial charge in [0.25, 0.3) is 0 Å². The molecular formula is C15H16Cl2N2S. The summed E-state index contributed by atoms with van der Waals surface area (Å²) in [5.74, 6) is 0. The summed E-state index contributed by atoms with van der Waals surface area (Å²) in [5.41, 5.74) is 7.21. The van der Waals surface area contributed by atoms with Crippen molar-refractivity contribution in [1.29, 1.82) is 0 Å². The monoisotopic (exact) mass is 326 g/mol. The molecule has 1 aromatic carbocycles. The van der Waals surface area contributed by atoms with Crippen LogP contribution in [0.5, 0.6) is 0 Å². The van der Waals surface area contributed by atoms with Crippen LogP contribution in [-0.2, 0) is 6.42 Å². The maximum absolute atomic E-state index is 6.32. The fourth-order valence-corrected chi connectivity index (χ4v) is 3.10. The van der Waals surface area contributed by atoms with Crippen LogP contribution in [-0.4, -0.2) is 11.0 Å². The molecule has 0 amide bonds. The van der Waals surface area contributed by atoms with E-state index in [-0.39, 0.29) is 6.04 Å². The molecule has 2 rings (SSSR count). The average Bonchev–Trinajstić information content (AvgIpc) is 2.44. The lowest BCUT2D eigenvalue weighted by Gasteiger charge is -2.14. The number of nitrogens with two attached hydrogens (primary N) is 1. The van der Waals surface area contributed by atoms with Gasteiger partial charge in [0.1, 0.15) is 5.03 Å². The lowest BCUT2D eigenvalue weighted by Crippen LogP contribution is -2.21. The molecule has 0 saturated carbocycles. The highest BCUT2D eigenvalue weighted by Gasteiger charge is 2.12. The Bertz CT molecular complexity index is 573.